The van der Waals surface area contributed by atoms with Gasteiger partial charge in [-0.2, -0.15) is 0 Å². The van der Waals surface area contributed by atoms with Crippen molar-refractivity contribution in [1.29, 1.82) is 0 Å². The van der Waals surface area contributed by atoms with Gasteiger partial charge in [0, 0.05) is 12.5 Å². The van der Waals surface area contributed by atoms with Crippen LogP contribution in [0.5, 0.6) is 0 Å². The second-order valence-electron chi connectivity index (χ2n) is 7.88. The first kappa shape index (κ1) is 12.2. The molecule has 2 saturated heterocycles. The highest BCUT2D eigenvalue weighted by molar-refractivity contribution is 5.77. The summed E-state index contributed by atoms with van der Waals surface area (Å²) >= 11 is 0. The zero-order chi connectivity index (χ0) is 13.5. The molecule has 0 radical (unpaired) electrons. The van der Waals surface area contributed by atoms with Crippen LogP contribution in [-0.4, -0.2) is 36.6 Å². The molecule has 0 aromatic carbocycles. The number of fused-ring (bicyclic) bond motifs is 4. The van der Waals surface area contributed by atoms with Crippen molar-refractivity contribution >= 4 is 5.97 Å². The van der Waals surface area contributed by atoms with Gasteiger partial charge in [-0.05, 0) is 43.1 Å². The molecule has 0 unspecified atom stereocenters. The van der Waals surface area contributed by atoms with Crippen molar-refractivity contribution in [1.82, 2.24) is 4.90 Å². The third kappa shape index (κ3) is 1.22. The third-order valence-corrected chi connectivity index (χ3v) is 6.96. The number of likely N-dealkylation sites (tertiary alicyclic amines) is 1. The molecule has 2 aliphatic carbocycles. The number of likely N-dealkylation sites (N-methyl/N-ethyl adjacent to an activating group) is 1. The molecule has 3 heteroatoms. The summed E-state index contributed by atoms with van der Waals surface area (Å²) in [5.41, 5.74) is 0.321. The van der Waals surface area contributed by atoms with Gasteiger partial charge in [-0.15, -0.1) is 0 Å². The van der Waals surface area contributed by atoms with Gasteiger partial charge in [-0.25, -0.2) is 0 Å². The number of esters is 1. The summed E-state index contributed by atoms with van der Waals surface area (Å²) in [7, 11) is 2.23. The van der Waals surface area contributed by atoms with E-state index in [-0.39, 0.29) is 18.0 Å². The summed E-state index contributed by atoms with van der Waals surface area (Å²) in [6.45, 7) is 8.17. The minimum atomic E-state index is 0.110. The van der Waals surface area contributed by atoms with E-state index in [0.29, 0.717) is 29.2 Å². The van der Waals surface area contributed by atoms with Crippen LogP contribution in [0.1, 0.15) is 33.6 Å². The van der Waals surface area contributed by atoms with E-state index in [9.17, 15) is 4.79 Å². The monoisotopic (exact) mass is 263 g/mol. The zero-order valence-electron chi connectivity index (χ0n) is 12.4. The third-order valence-electron chi connectivity index (χ3n) is 6.96. The largest absolute Gasteiger partial charge is 0.460 e. The highest BCUT2D eigenvalue weighted by atomic mass is 16.6. The van der Waals surface area contributed by atoms with E-state index in [1.165, 1.54) is 19.4 Å². The van der Waals surface area contributed by atoms with Crippen LogP contribution >= 0.6 is 0 Å². The maximum atomic E-state index is 12.4. The quantitative estimate of drug-likeness (QED) is 0.679. The number of carbonyl (C=O) groups is 1. The Morgan fingerprint density at radius 2 is 2.11 bits per heavy atom. The molecule has 4 fully saturated rings. The number of hydrogen-bond acceptors (Lipinski definition) is 3. The summed E-state index contributed by atoms with van der Waals surface area (Å²) < 4.78 is 5.88. The average Bonchev–Trinajstić information content (AvgIpc) is 2.86. The SMILES string of the molecule is CC(C)[C@@H]1[C@H]2OC(=O)[C@@H]1[C@@H]1CC[C@@H]3CN(C)[C@H]2[C@]31C. The molecule has 7 atom stereocenters. The van der Waals surface area contributed by atoms with Crippen LogP contribution in [0.25, 0.3) is 0 Å². The van der Waals surface area contributed by atoms with Crippen molar-refractivity contribution in [2.45, 2.75) is 45.8 Å². The summed E-state index contributed by atoms with van der Waals surface area (Å²) in [6.07, 6.45) is 2.69. The topological polar surface area (TPSA) is 29.5 Å². The molecule has 0 N–H and O–H groups in total. The van der Waals surface area contributed by atoms with Gasteiger partial charge < -0.3 is 4.74 Å². The van der Waals surface area contributed by atoms with E-state index in [1.54, 1.807) is 0 Å². The lowest BCUT2D eigenvalue weighted by Gasteiger charge is -2.49. The molecule has 2 aliphatic heterocycles. The lowest BCUT2D eigenvalue weighted by atomic mass is 9.55. The molecular weight excluding hydrogens is 238 g/mol. The normalized spacial score (nSPS) is 55.7. The summed E-state index contributed by atoms with van der Waals surface area (Å²) in [5, 5.41) is 0. The first-order valence-electron chi connectivity index (χ1n) is 7.87. The number of rotatable bonds is 1. The van der Waals surface area contributed by atoms with Gasteiger partial charge in [-0.3, -0.25) is 9.69 Å². The Hall–Kier alpha value is -0.570. The van der Waals surface area contributed by atoms with Crippen LogP contribution in [0.2, 0.25) is 0 Å². The molecule has 0 spiro atoms. The smallest absolute Gasteiger partial charge is 0.310 e. The van der Waals surface area contributed by atoms with Gasteiger partial charge in [0.25, 0.3) is 0 Å². The maximum Gasteiger partial charge on any atom is 0.310 e. The van der Waals surface area contributed by atoms with E-state index in [0.717, 1.165) is 5.92 Å². The fourth-order valence-corrected chi connectivity index (χ4v) is 6.32. The highest BCUT2D eigenvalue weighted by Crippen LogP contribution is 2.66. The average molecular weight is 263 g/mol. The second kappa shape index (κ2) is 3.55. The van der Waals surface area contributed by atoms with Crippen molar-refractivity contribution in [3.05, 3.63) is 0 Å². The Balaban J connectivity index is 1.85. The fraction of sp³-hybridized carbons (Fsp3) is 0.938. The van der Waals surface area contributed by atoms with Crippen molar-refractivity contribution in [3.63, 3.8) is 0 Å². The zero-order valence-corrected chi connectivity index (χ0v) is 12.4. The van der Waals surface area contributed by atoms with Gasteiger partial charge in [0.2, 0.25) is 0 Å². The molecule has 19 heavy (non-hydrogen) atoms. The number of ether oxygens (including phenoxy) is 1. The highest BCUT2D eigenvalue weighted by Gasteiger charge is 2.71. The van der Waals surface area contributed by atoms with Crippen LogP contribution in [0.15, 0.2) is 0 Å². The summed E-state index contributed by atoms with van der Waals surface area (Å²) in [4.78, 5) is 14.9. The molecule has 4 aliphatic rings. The summed E-state index contributed by atoms with van der Waals surface area (Å²) in [6, 6.07) is 0.458. The molecule has 2 saturated carbocycles. The van der Waals surface area contributed by atoms with Crippen LogP contribution < -0.4 is 0 Å². The predicted molar refractivity (Wildman–Crippen MR) is 72.4 cm³/mol. The second-order valence-corrected chi connectivity index (χ2v) is 7.88. The van der Waals surface area contributed by atoms with Crippen molar-refractivity contribution in [2.24, 2.45) is 35.0 Å². The molecule has 0 amide bonds. The first-order chi connectivity index (χ1) is 8.96. The van der Waals surface area contributed by atoms with Crippen LogP contribution in [-0.2, 0) is 9.53 Å². The molecule has 3 nitrogen and oxygen atoms in total. The van der Waals surface area contributed by atoms with Crippen LogP contribution in [0.4, 0.5) is 0 Å². The Bertz CT molecular complexity index is 434. The Kier molecular flexibility index (Phi) is 2.27. The Labute approximate surface area is 115 Å². The molecular formula is C16H25NO2. The van der Waals surface area contributed by atoms with E-state index < -0.39 is 0 Å². The summed E-state index contributed by atoms with van der Waals surface area (Å²) in [5.74, 6) is 2.61. The van der Waals surface area contributed by atoms with Gasteiger partial charge in [0.15, 0.2) is 0 Å². The van der Waals surface area contributed by atoms with Crippen LogP contribution in [0.3, 0.4) is 0 Å². The Morgan fingerprint density at radius 3 is 2.79 bits per heavy atom. The van der Waals surface area contributed by atoms with E-state index in [1.807, 2.05) is 0 Å². The molecule has 0 aromatic heterocycles. The van der Waals surface area contributed by atoms with Crippen LogP contribution in [0, 0.1) is 35.0 Å². The first-order valence-corrected chi connectivity index (χ1v) is 7.87. The minimum Gasteiger partial charge on any atom is -0.460 e. The van der Waals surface area contributed by atoms with Gasteiger partial charge in [-0.1, -0.05) is 20.8 Å². The number of carbonyl (C=O) groups excluding carboxylic acids is 1. The standard InChI is InChI=1S/C16H25NO2/c1-8(2)11-12-10-6-5-9-7-17(4)14(16(9,10)3)13(11)19-15(12)18/h8-14H,5-7H2,1-4H3/t9-,10+,11+,12-,13-,14-,16-/m1/s1. The van der Waals surface area contributed by atoms with Crippen molar-refractivity contribution in [2.75, 3.05) is 13.6 Å². The molecule has 4 rings (SSSR count). The Morgan fingerprint density at radius 1 is 1.37 bits per heavy atom. The van der Waals surface area contributed by atoms with Crippen molar-refractivity contribution < 1.29 is 9.53 Å². The lowest BCUT2D eigenvalue weighted by Crippen LogP contribution is -2.57. The molecule has 2 heterocycles. The fourth-order valence-electron chi connectivity index (χ4n) is 6.32. The maximum absolute atomic E-state index is 12.4. The van der Waals surface area contributed by atoms with E-state index in [4.69, 9.17) is 4.74 Å². The molecule has 106 valence electrons. The van der Waals surface area contributed by atoms with Gasteiger partial charge in [0.1, 0.15) is 6.10 Å². The van der Waals surface area contributed by atoms with Gasteiger partial charge in [0.05, 0.1) is 12.0 Å². The van der Waals surface area contributed by atoms with E-state index >= 15 is 0 Å². The minimum absolute atomic E-state index is 0.110. The van der Waals surface area contributed by atoms with Crippen molar-refractivity contribution in [3.8, 4) is 0 Å². The van der Waals surface area contributed by atoms with Gasteiger partial charge >= 0.3 is 5.97 Å². The number of hydrogen-bond donors (Lipinski definition) is 0. The predicted octanol–water partition coefficient (Wildman–Crippen LogP) is 2.16. The molecule has 0 aromatic rings. The lowest BCUT2D eigenvalue weighted by molar-refractivity contribution is -0.145. The van der Waals surface area contributed by atoms with E-state index in [2.05, 4.69) is 32.7 Å². The molecule has 2 bridgehead atoms. The number of nitrogens with zero attached hydrogens (tertiary/aromatic N) is 1.